The van der Waals surface area contributed by atoms with Crippen LogP contribution in [0.4, 0.5) is 5.82 Å². The normalized spacial score (nSPS) is 18.1. The van der Waals surface area contributed by atoms with Gasteiger partial charge < -0.3 is 15.7 Å². The van der Waals surface area contributed by atoms with E-state index in [9.17, 15) is 5.11 Å². The number of anilines is 1. The van der Waals surface area contributed by atoms with Crippen LogP contribution in [-0.2, 0) is 0 Å². The van der Waals surface area contributed by atoms with Crippen LogP contribution < -0.4 is 10.6 Å². The third-order valence-corrected chi connectivity index (χ3v) is 4.41. The summed E-state index contributed by atoms with van der Waals surface area (Å²) in [6.07, 6.45) is 1.64. The maximum Gasteiger partial charge on any atom is 0.161 e. The molecule has 0 amide bonds. The van der Waals surface area contributed by atoms with Crippen LogP contribution in [0.5, 0.6) is 0 Å². The zero-order valence-corrected chi connectivity index (χ0v) is 13.1. The molecule has 6 heteroatoms. The topological polar surface area (TPSA) is 75.3 Å². The molecule has 110 valence electrons. The fraction of sp³-hybridized carbons (Fsp3) is 0.643. The van der Waals surface area contributed by atoms with Crippen molar-refractivity contribution in [1.82, 2.24) is 10.2 Å². The largest absolute Gasteiger partial charge is 0.393 e. The molecular formula is C14H22N4OS. The number of nitrogens with zero attached hydrogens (tertiary/aromatic N) is 3. The molecule has 1 aromatic rings. The minimum Gasteiger partial charge on any atom is -0.393 e. The second kappa shape index (κ2) is 6.01. The SMILES string of the molecule is Cc1nnc(N2CCC(C(C)O)CC2)c(C(N)=S)c1C. The Bertz CT molecular complexity index is 510. The maximum atomic E-state index is 9.67. The lowest BCUT2D eigenvalue weighted by molar-refractivity contribution is 0.109. The molecule has 0 saturated carbocycles. The Balaban J connectivity index is 2.26. The molecule has 1 fully saturated rings. The number of aromatic nitrogens is 2. The van der Waals surface area contributed by atoms with Gasteiger partial charge in [-0.2, -0.15) is 5.10 Å². The van der Waals surface area contributed by atoms with Crippen molar-refractivity contribution in [2.45, 2.75) is 39.7 Å². The van der Waals surface area contributed by atoms with E-state index in [1.807, 2.05) is 20.8 Å². The quantitative estimate of drug-likeness (QED) is 0.819. The van der Waals surface area contributed by atoms with Gasteiger partial charge in [-0.25, -0.2) is 0 Å². The molecule has 0 aliphatic carbocycles. The van der Waals surface area contributed by atoms with Crippen LogP contribution in [0.25, 0.3) is 0 Å². The molecule has 2 heterocycles. The van der Waals surface area contributed by atoms with E-state index in [4.69, 9.17) is 18.0 Å². The molecule has 0 spiro atoms. The molecule has 2 rings (SSSR count). The highest BCUT2D eigenvalue weighted by molar-refractivity contribution is 7.80. The molecule has 1 unspecified atom stereocenters. The van der Waals surface area contributed by atoms with Crippen molar-refractivity contribution >= 4 is 23.0 Å². The average molecular weight is 294 g/mol. The van der Waals surface area contributed by atoms with Gasteiger partial charge >= 0.3 is 0 Å². The van der Waals surface area contributed by atoms with E-state index in [-0.39, 0.29) is 6.10 Å². The second-order valence-electron chi connectivity index (χ2n) is 5.54. The van der Waals surface area contributed by atoms with Gasteiger partial charge in [-0.05, 0) is 45.1 Å². The Kier molecular flexibility index (Phi) is 4.55. The van der Waals surface area contributed by atoms with Crippen molar-refractivity contribution < 1.29 is 5.11 Å². The zero-order chi connectivity index (χ0) is 14.9. The van der Waals surface area contributed by atoms with Gasteiger partial charge in [0.2, 0.25) is 0 Å². The van der Waals surface area contributed by atoms with Crippen molar-refractivity contribution in [2.75, 3.05) is 18.0 Å². The van der Waals surface area contributed by atoms with Crippen molar-refractivity contribution in [3.05, 3.63) is 16.8 Å². The Hall–Kier alpha value is -1.27. The van der Waals surface area contributed by atoms with Gasteiger partial charge in [0.05, 0.1) is 17.4 Å². The lowest BCUT2D eigenvalue weighted by Gasteiger charge is -2.34. The minimum atomic E-state index is -0.252. The predicted octanol–water partition coefficient (Wildman–Crippen LogP) is 1.32. The molecule has 1 atom stereocenters. The number of thiocarbonyl (C=S) groups is 1. The van der Waals surface area contributed by atoms with Crippen molar-refractivity contribution in [1.29, 1.82) is 0 Å². The summed E-state index contributed by atoms with van der Waals surface area (Å²) in [5.74, 6) is 1.14. The Morgan fingerprint density at radius 2 is 1.95 bits per heavy atom. The maximum absolute atomic E-state index is 9.67. The van der Waals surface area contributed by atoms with Gasteiger partial charge in [0.15, 0.2) is 5.82 Å². The number of hydrogen-bond donors (Lipinski definition) is 2. The van der Waals surface area contributed by atoms with Gasteiger partial charge in [-0.15, -0.1) is 5.10 Å². The monoisotopic (exact) mass is 294 g/mol. The van der Waals surface area contributed by atoms with Gasteiger partial charge in [0.1, 0.15) is 4.99 Å². The first-order chi connectivity index (χ1) is 9.41. The zero-order valence-electron chi connectivity index (χ0n) is 12.3. The van der Waals surface area contributed by atoms with Crippen LogP contribution >= 0.6 is 12.2 Å². The average Bonchev–Trinajstić information content (AvgIpc) is 2.41. The molecule has 3 N–H and O–H groups in total. The van der Waals surface area contributed by atoms with E-state index >= 15 is 0 Å². The summed E-state index contributed by atoms with van der Waals surface area (Å²) in [7, 11) is 0. The number of aliphatic hydroxyl groups is 1. The number of aryl methyl sites for hydroxylation is 1. The van der Waals surface area contributed by atoms with Gasteiger partial charge in [0, 0.05) is 13.1 Å². The molecule has 5 nitrogen and oxygen atoms in total. The van der Waals surface area contributed by atoms with E-state index in [1.165, 1.54) is 0 Å². The molecular weight excluding hydrogens is 272 g/mol. The lowest BCUT2D eigenvalue weighted by Crippen LogP contribution is -2.39. The summed E-state index contributed by atoms with van der Waals surface area (Å²) in [5.41, 5.74) is 8.56. The third kappa shape index (κ3) is 2.91. The summed E-state index contributed by atoms with van der Waals surface area (Å²) in [5, 5.41) is 18.2. The van der Waals surface area contributed by atoms with E-state index in [0.717, 1.165) is 48.6 Å². The summed E-state index contributed by atoms with van der Waals surface area (Å²) in [4.78, 5) is 2.54. The molecule has 1 aromatic heterocycles. The highest BCUT2D eigenvalue weighted by Crippen LogP contribution is 2.28. The van der Waals surface area contributed by atoms with E-state index in [0.29, 0.717) is 10.9 Å². The number of nitrogens with two attached hydrogens (primary N) is 1. The Morgan fingerprint density at radius 3 is 2.45 bits per heavy atom. The molecule has 0 radical (unpaired) electrons. The summed E-state index contributed by atoms with van der Waals surface area (Å²) < 4.78 is 0. The first kappa shape index (κ1) is 15.1. The number of rotatable bonds is 3. The summed E-state index contributed by atoms with van der Waals surface area (Å²) in [6.45, 7) is 7.44. The Morgan fingerprint density at radius 1 is 1.35 bits per heavy atom. The number of hydrogen-bond acceptors (Lipinski definition) is 5. The van der Waals surface area contributed by atoms with Gasteiger partial charge in [0.25, 0.3) is 0 Å². The number of piperidine rings is 1. The van der Waals surface area contributed by atoms with Crippen LogP contribution in [0.15, 0.2) is 0 Å². The highest BCUT2D eigenvalue weighted by Gasteiger charge is 2.26. The van der Waals surface area contributed by atoms with Crippen LogP contribution in [0.3, 0.4) is 0 Å². The number of aliphatic hydroxyl groups excluding tert-OH is 1. The minimum absolute atomic E-state index is 0.252. The van der Waals surface area contributed by atoms with Crippen molar-refractivity contribution in [3.8, 4) is 0 Å². The molecule has 1 aliphatic heterocycles. The van der Waals surface area contributed by atoms with E-state index in [2.05, 4.69) is 15.1 Å². The van der Waals surface area contributed by atoms with Crippen molar-refractivity contribution in [2.24, 2.45) is 11.7 Å². The third-order valence-electron chi connectivity index (χ3n) is 4.20. The predicted molar refractivity (Wildman–Crippen MR) is 84.0 cm³/mol. The smallest absolute Gasteiger partial charge is 0.161 e. The van der Waals surface area contributed by atoms with Crippen molar-refractivity contribution in [3.63, 3.8) is 0 Å². The second-order valence-corrected chi connectivity index (χ2v) is 5.98. The first-order valence-corrected chi connectivity index (χ1v) is 7.39. The first-order valence-electron chi connectivity index (χ1n) is 6.98. The van der Waals surface area contributed by atoms with Crippen LogP contribution in [0, 0.1) is 19.8 Å². The van der Waals surface area contributed by atoms with Gasteiger partial charge in [-0.3, -0.25) is 0 Å². The summed E-state index contributed by atoms with van der Waals surface area (Å²) in [6, 6.07) is 0. The van der Waals surface area contributed by atoms with Gasteiger partial charge in [-0.1, -0.05) is 12.2 Å². The molecule has 20 heavy (non-hydrogen) atoms. The standard InChI is InChI=1S/C14H22N4OS/c1-8-9(2)16-17-14(12(8)13(15)20)18-6-4-11(5-7-18)10(3)19/h10-11,19H,4-7H2,1-3H3,(H2,15,20). The fourth-order valence-electron chi connectivity index (χ4n) is 2.71. The van der Waals surface area contributed by atoms with E-state index in [1.54, 1.807) is 0 Å². The van der Waals surface area contributed by atoms with Crippen LogP contribution in [0.2, 0.25) is 0 Å². The molecule has 1 saturated heterocycles. The molecule has 1 aliphatic rings. The lowest BCUT2D eigenvalue weighted by atomic mass is 9.92. The van der Waals surface area contributed by atoms with E-state index < -0.39 is 0 Å². The Labute approximate surface area is 125 Å². The highest BCUT2D eigenvalue weighted by atomic mass is 32.1. The fourth-order valence-corrected chi connectivity index (χ4v) is 2.95. The van der Waals surface area contributed by atoms with Crippen LogP contribution in [0.1, 0.15) is 36.6 Å². The molecule has 0 aromatic carbocycles. The van der Waals surface area contributed by atoms with Crippen LogP contribution in [-0.4, -0.2) is 39.5 Å². The summed E-state index contributed by atoms with van der Waals surface area (Å²) >= 11 is 5.17. The molecule has 0 bridgehead atoms.